The number of benzene rings is 2. The number of rotatable bonds is 7. The van der Waals surface area contributed by atoms with E-state index in [0.717, 1.165) is 0 Å². The Morgan fingerprint density at radius 3 is 2.41 bits per heavy atom. The first-order valence-corrected chi connectivity index (χ1v) is 8.56. The third-order valence-corrected chi connectivity index (χ3v) is 3.76. The van der Waals surface area contributed by atoms with E-state index in [1.807, 2.05) is 0 Å². The molecular weight excluding hydrogens is 372 g/mol. The van der Waals surface area contributed by atoms with Crippen molar-refractivity contribution >= 4 is 23.8 Å². The number of carbonyl (C=O) groups excluding carboxylic acids is 2. The SMILES string of the molecule is CN(C)C(=O)Oc1ccc([C@@H](CCOc2cccc(Cl)c2)OC(N)=O)cc1. The summed E-state index contributed by atoms with van der Waals surface area (Å²) in [5.74, 6) is 0.997. The van der Waals surface area contributed by atoms with Crippen molar-refractivity contribution in [1.29, 1.82) is 0 Å². The van der Waals surface area contributed by atoms with Crippen LogP contribution in [0.4, 0.5) is 9.59 Å². The molecule has 0 aliphatic heterocycles. The van der Waals surface area contributed by atoms with Crippen molar-refractivity contribution in [2.24, 2.45) is 5.73 Å². The van der Waals surface area contributed by atoms with Crippen LogP contribution in [0.2, 0.25) is 5.02 Å². The Hall–Kier alpha value is -2.93. The van der Waals surface area contributed by atoms with Gasteiger partial charge in [-0.15, -0.1) is 0 Å². The summed E-state index contributed by atoms with van der Waals surface area (Å²) < 4.78 is 16.0. The molecule has 1 atom stereocenters. The highest BCUT2D eigenvalue weighted by Gasteiger charge is 2.16. The van der Waals surface area contributed by atoms with Crippen LogP contribution in [0.15, 0.2) is 48.5 Å². The number of nitrogens with two attached hydrogens (primary N) is 1. The first-order chi connectivity index (χ1) is 12.8. The fourth-order valence-electron chi connectivity index (χ4n) is 2.22. The lowest BCUT2D eigenvalue weighted by atomic mass is 10.1. The van der Waals surface area contributed by atoms with Crippen molar-refractivity contribution in [3.63, 3.8) is 0 Å². The van der Waals surface area contributed by atoms with Gasteiger partial charge in [0.1, 0.15) is 17.6 Å². The highest BCUT2D eigenvalue weighted by molar-refractivity contribution is 6.30. The smallest absolute Gasteiger partial charge is 0.414 e. The Labute approximate surface area is 162 Å². The fraction of sp³-hybridized carbons (Fsp3) is 0.263. The summed E-state index contributed by atoms with van der Waals surface area (Å²) in [7, 11) is 3.18. The monoisotopic (exact) mass is 392 g/mol. The number of amides is 2. The lowest BCUT2D eigenvalue weighted by molar-refractivity contribution is 0.0905. The Bertz CT molecular complexity index is 780. The van der Waals surface area contributed by atoms with Crippen molar-refractivity contribution < 1.29 is 23.8 Å². The lowest BCUT2D eigenvalue weighted by Gasteiger charge is -2.18. The Morgan fingerprint density at radius 1 is 1.11 bits per heavy atom. The molecule has 0 radical (unpaired) electrons. The van der Waals surface area contributed by atoms with Crippen LogP contribution < -0.4 is 15.2 Å². The molecule has 7 nitrogen and oxygen atoms in total. The zero-order valence-electron chi connectivity index (χ0n) is 15.1. The van der Waals surface area contributed by atoms with Crippen LogP contribution in [0, 0.1) is 0 Å². The van der Waals surface area contributed by atoms with Crippen LogP contribution in [0.5, 0.6) is 11.5 Å². The average molecular weight is 393 g/mol. The van der Waals surface area contributed by atoms with Gasteiger partial charge in [-0.05, 0) is 35.9 Å². The van der Waals surface area contributed by atoms with Gasteiger partial charge >= 0.3 is 12.2 Å². The molecule has 8 heteroatoms. The molecule has 0 aliphatic carbocycles. The van der Waals surface area contributed by atoms with Gasteiger partial charge in [0, 0.05) is 25.5 Å². The van der Waals surface area contributed by atoms with E-state index in [4.69, 9.17) is 31.5 Å². The molecule has 0 saturated carbocycles. The maximum Gasteiger partial charge on any atom is 0.414 e. The van der Waals surface area contributed by atoms with Crippen molar-refractivity contribution in [3.05, 3.63) is 59.1 Å². The molecule has 0 spiro atoms. The average Bonchev–Trinajstić information content (AvgIpc) is 2.61. The van der Waals surface area contributed by atoms with Crippen LogP contribution in [-0.4, -0.2) is 37.8 Å². The number of halogens is 1. The zero-order chi connectivity index (χ0) is 19.8. The van der Waals surface area contributed by atoms with Crippen LogP contribution >= 0.6 is 11.6 Å². The molecule has 2 amide bonds. The summed E-state index contributed by atoms with van der Waals surface area (Å²) in [4.78, 5) is 24.1. The molecule has 144 valence electrons. The van der Waals surface area contributed by atoms with Gasteiger partial charge in [0.05, 0.1) is 6.61 Å². The van der Waals surface area contributed by atoms with Crippen molar-refractivity contribution in [2.45, 2.75) is 12.5 Å². The number of primary amides is 1. The Kier molecular flexibility index (Phi) is 7.31. The van der Waals surface area contributed by atoms with Crippen LogP contribution in [0.3, 0.4) is 0 Å². The molecule has 2 rings (SSSR count). The van der Waals surface area contributed by atoms with Gasteiger partial charge in [-0.2, -0.15) is 0 Å². The first-order valence-electron chi connectivity index (χ1n) is 8.18. The summed E-state index contributed by atoms with van der Waals surface area (Å²) in [5.41, 5.74) is 5.87. The molecule has 2 aromatic rings. The summed E-state index contributed by atoms with van der Waals surface area (Å²) in [6, 6.07) is 13.6. The van der Waals surface area contributed by atoms with Gasteiger partial charge in [-0.1, -0.05) is 29.8 Å². The molecule has 0 aliphatic rings. The van der Waals surface area contributed by atoms with Gasteiger partial charge in [0.15, 0.2) is 0 Å². The third-order valence-electron chi connectivity index (χ3n) is 3.53. The van der Waals surface area contributed by atoms with E-state index in [2.05, 4.69) is 0 Å². The Balaban J connectivity index is 2.00. The lowest BCUT2D eigenvalue weighted by Crippen LogP contribution is -2.25. The standard InChI is InChI=1S/C19H21ClN2O5/c1-22(2)19(24)26-15-8-6-13(7-9-15)17(27-18(21)23)10-11-25-16-5-3-4-14(20)12-16/h3-9,12,17H,10-11H2,1-2H3,(H2,21,23)/t17-/m1/s1. The third kappa shape index (κ3) is 6.71. The van der Waals surface area contributed by atoms with Crippen molar-refractivity contribution in [1.82, 2.24) is 4.90 Å². The summed E-state index contributed by atoms with van der Waals surface area (Å²) >= 11 is 5.92. The number of nitrogens with zero attached hydrogens (tertiary/aromatic N) is 1. The van der Waals surface area contributed by atoms with E-state index >= 15 is 0 Å². The van der Waals surface area contributed by atoms with E-state index in [-0.39, 0.29) is 6.61 Å². The topological polar surface area (TPSA) is 91.1 Å². The molecule has 0 aromatic heterocycles. The van der Waals surface area contributed by atoms with E-state index < -0.39 is 18.3 Å². The summed E-state index contributed by atoms with van der Waals surface area (Å²) in [5, 5.41) is 0.570. The van der Waals surface area contributed by atoms with E-state index in [0.29, 0.717) is 28.5 Å². The van der Waals surface area contributed by atoms with Gasteiger partial charge in [0.2, 0.25) is 0 Å². The maximum atomic E-state index is 11.6. The second-order valence-electron chi connectivity index (χ2n) is 5.85. The van der Waals surface area contributed by atoms with E-state index in [1.54, 1.807) is 62.6 Å². The first kappa shape index (κ1) is 20.4. The normalized spacial score (nSPS) is 11.4. The predicted molar refractivity (Wildman–Crippen MR) is 101 cm³/mol. The molecular formula is C19H21ClN2O5. The Morgan fingerprint density at radius 2 is 1.81 bits per heavy atom. The van der Waals surface area contributed by atoms with E-state index in [9.17, 15) is 9.59 Å². The van der Waals surface area contributed by atoms with Crippen LogP contribution in [-0.2, 0) is 4.74 Å². The molecule has 0 saturated heterocycles. The maximum absolute atomic E-state index is 11.6. The van der Waals surface area contributed by atoms with Gasteiger partial charge < -0.3 is 24.8 Å². The van der Waals surface area contributed by atoms with Crippen molar-refractivity contribution in [3.8, 4) is 11.5 Å². The summed E-state index contributed by atoms with van der Waals surface area (Å²) in [6.07, 6.45) is -1.58. The molecule has 27 heavy (non-hydrogen) atoms. The minimum absolute atomic E-state index is 0.287. The number of ether oxygens (including phenoxy) is 3. The minimum Gasteiger partial charge on any atom is -0.493 e. The highest BCUT2D eigenvalue weighted by atomic mass is 35.5. The molecule has 0 heterocycles. The second-order valence-corrected chi connectivity index (χ2v) is 6.29. The number of hydrogen-bond acceptors (Lipinski definition) is 5. The molecule has 2 aromatic carbocycles. The summed E-state index contributed by atoms with van der Waals surface area (Å²) in [6.45, 7) is 0.287. The molecule has 0 unspecified atom stereocenters. The molecule has 0 fully saturated rings. The predicted octanol–water partition coefficient (Wildman–Crippen LogP) is 4.01. The largest absolute Gasteiger partial charge is 0.493 e. The zero-order valence-corrected chi connectivity index (χ0v) is 15.8. The quantitative estimate of drug-likeness (QED) is 0.768. The highest BCUT2D eigenvalue weighted by Crippen LogP contribution is 2.25. The van der Waals surface area contributed by atoms with Gasteiger partial charge in [0.25, 0.3) is 0 Å². The van der Waals surface area contributed by atoms with Crippen LogP contribution in [0.1, 0.15) is 18.1 Å². The van der Waals surface area contributed by atoms with E-state index in [1.165, 1.54) is 4.90 Å². The van der Waals surface area contributed by atoms with Gasteiger partial charge in [-0.3, -0.25) is 0 Å². The fourth-order valence-corrected chi connectivity index (χ4v) is 2.40. The van der Waals surface area contributed by atoms with Gasteiger partial charge in [-0.25, -0.2) is 9.59 Å². The molecule has 0 bridgehead atoms. The second kappa shape index (κ2) is 9.68. The number of carbonyl (C=O) groups is 2. The minimum atomic E-state index is -0.883. The number of hydrogen-bond donors (Lipinski definition) is 1. The van der Waals surface area contributed by atoms with Crippen molar-refractivity contribution in [2.75, 3.05) is 20.7 Å². The van der Waals surface area contributed by atoms with Crippen LogP contribution in [0.25, 0.3) is 0 Å². The molecule has 2 N–H and O–H groups in total.